The molecule has 20 nitrogen and oxygen atoms in total. The highest BCUT2D eigenvalue weighted by Gasteiger charge is 2.30. The average Bonchev–Trinajstić information content (AvgIpc) is 3.53. The van der Waals surface area contributed by atoms with Crippen molar-refractivity contribution in [2.75, 3.05) is 44.7 Å². The molecule has 0 saturated carbocycles. The fourth-order valence-electron chi connectivity index (χ4n) is 6.07. The van der Waals surface area contributed by atoms with E-state index in [2.05, 4.69) is 31.9 Å². The number of hydrogen-bond donors (Lipinski definition) is 7. The van der Waals surface area contributed by atoms with E-state index in [1.807, 2.05) is 27.7 Å². The smallest absolute Gasteiger partial charge is 0.407 e. The number of benzene rings is 1. The van der Waals surface area contributed by atoms with Crippen LogP contribution in [0.2, 0.25) is 0 Å². The molecule has 65 heavy (non-hydrogen) atoms. The van der Waals surface area contributed by atoms with Crippen molar-refractivity contribution in [1.82, 2.24) is 31.5 Å². The van der Waals surface area contributed by atoms with Gasteiger partial charge < -0.3 is 56.6 Å². The summed E-state index contributed by atoms with van der Waals surface area (Å²) < 4.78 is 22.6. The Morgan fingerprint density at radius 2 is 1.37 bits per heavy atom. The Morgan fingerprint density at radius 1 is 0.723 bits per heavy atom. The first-order chi connectivity index (χ1) is 30.4. The highest BCUT2D eigenvalue weighted by Crippen LogP contribution is 2.19. The minimum Gasteiger partial charge on any atom is -0.445 e. The van der Waals surface area contributed by atoms with Crippen LogP contribution >= 0.6 is 0 Å². The molecule has 1 aromatic rings. The molecule has 0 fully saturated rings. The summed E-state index contributed by atoms with van der Waals surface area (Å²) in [5, 5.41) is 16.1. The topological polar surface area (TPSA) is 275 Å². The van der Waals surface area contributed by atoms with Crippen molar-refractivity contribution in [3.05, 3.63) is 42.0 Å². The number of urea groups is 1. The molecule has 20 heteroatoms. The van der Waals surface area contributed by atoms with Crippen LogP contribution < -0.4 is 37.6 Å². The Hall–Kier alpha value is -5.76. The molecular formula is C45H72N8O12. The van der Waals surface area contributed by atoms with Crippen LogP contribution in [-0.2, 0) is 49.5 Å². The Morgan fingerprint density at radius 3 is 1.98 bits per heavy atom. The van der Waals surface area contributed by atoms with Crippen molar-refractivity contribution in [3.63, 3.8) is 0 Å². The molecule has 8 N–H and O–H groups in total. The molecule has 2 atom stereocenters. The summed E-state index contributed by atoms with van der Waals surface area (Å²) >= 11 is 0. The molecule has 0 aromatic heterocycles. The second kappa shape index (κ2) is 26.9. The van der Waals surface area contributed by atoms with Gasteiger partial charge in [0.15, 0.2) is 0 Å². The number of imide groups is 1. The zero-order valence-corrected chi connectivity index (χ0v) is 39.5. The van der Waals surface area contributed by atoms with Gasteiger partial charge in [0.25, 0.3) is 11.8 Å². The predicted octanol–water partition coefficient (Wildman–Crippen LogP) is 3.92. The van der Waals surface area contributed by atoms with Gasteiger partial charge in [-0.2, -0.15) is 0 Å². The van der Waals surface area contributed by atoms with E-state index in [1.165, 1.54) is 12.2 Å². The second-order valence-corrected chi connectivity index (χ2v) is 18.3. The summed E-state index contributed by atoms with van der Waals surface area (Å²) in [6, 6.07) is 3.85. The van der Waals surface area contributed by atoms with Crippen molar-refractivity contribution in [1.29, 1.82) is 0 Å². The number of ether oxygens (including phenoxy) is 4. The zero-order chi connectivity index (χ0) is 48.8. The molecule has 0 spiro atoms. The summed E-state index contributed by atoms with van der Waals surface area (Å²) in [5.41, 5.74) is 4.44. The Bertz CT molecular complexity index is 1780. The van der Waals surface area contributed by atoms with E-state index in [4.69, 9.17) is 24.7 Å². The number of alkyl carbamates (subject to hydrolysis) is 2. The van der Waals surface area contributed by atoms with Gasteiger partial charge in [0.05, 0.1) is 24.4 Å². The van der Waals surface area contributed by atoms with Crippen molar-refractivity contribution >= 4 is 53.4 Å². The number of amides is 9. The summed E-state index contributed by atoms with van der Waals surface area (Å²) in [6.45, 7) is 17.9. The van der Waals surface area contributed by atoms with E-state index in [0.717, 1.165) is 4.90 Å². The van der Waals surface area contributed by atoms with E-state index < -0.39 is 58.9 Å². The number of unbranched alkanes of at least 4 members (excludes halogenated alkanes) is 2. The zero-order valence-electron chi connectivity index (χ0n) is 39.5. The van der Waals surface area contributed by atoms with Gasteiger partial charge in [-0.05, 0) is 104 Å². The van der Waals surface area contributed by atoms with Crippen LogP contribution in [0.3, 0.4) is 0 Å². The predicted molar refractivity (Wildman–Crippen MR) is 242 cm³/mol. The van der Waals surface area contributed by atoms with Crippen molar-refractivity contribution in [3.8, 4) is 0 Å². The number of nitrogens with one attached hydrogen (secondary N) is 6. The summed E-state index contributed by atoms with van der Waals surface area (Å²) in [5.74, 6) is -2.49. The van der Waals surface area contributed by atoms with Gasteiger partial charge in [-0.15, -0.1) is 0 Å². The number of carbonyl (C=O) groups excluding carboxylic acids is 8. The summed E-state index contributed by atoms with van der Waals surface area (Å²) in [7, 11) is 0. The minimum atomic E-state index is -1.04. The average molecular weight is 917 g/mol. The number of nitrogens with zero attached hydrogens (tertiary/aromatic N) is 1. The van der Waals surface area contributed by atoms with E-state index in [1.54, 1.807) is 58.9 Å². The molecule has 1 aromatic carbocycles. The molecule has 0 saturated heterocycles. The number of rotatable bonds is 28. The highest BCUT2D eigenvalue weighted by atomic mass is 16.6. The number of hydrogen-bond acceptors (Lipinski definition) is 12. The van der Waals surface area contributed by atoms with Gasteiger partial charge in [0.1, 0.15) is 24.3 Å². The van der Waals surface area contributed by atoms with E-state index in [-0.39, 0.29) is 75.9 Å². The van der Waals surface area contributed by atoms with Crippen LogP contribution in [0.5, 0.6) is 0 Å². The Labute approximate surface area is 382 Å². The molecule has 1 aliphatic heterocycles. The lowest BCUT2D eigenvalue weighted by Gasteiger charge is -2.32. The molecule has 9 amide bonds. The van der Waals surface area contributed by atoms with Gasteiger partial charge in [-0.25, -0.2) is 14.4 Å². The molecule has 2 rings (SSSR count). The SMILES string of the molecule is CC(C)[C@H](NC(=O)CCCCCN1C(=O)C=CC1=O)C(=O)N[C@@H](CCCNC(N)=O)C(=O)Nc1ccc(COC(=O)NCCOC(C)(C)COC(C)(C)CCNC(=O)OC(C)(C)C)cc1. The normalized spacial score (nSPS) is 13.8. The fourth-order valence-corrected chi connectivity index (χ4v) is 6.07. The standard InChI is InChI=1S/C45H72N8O12/c1-30(2)37(52-34(54)15-11-10-12-26-53-35(55)20-21-36(53)56)39(58)51-33(14-13-23-47-40(46)59)38(57)50-32-18-16-31(17-19-32)28-62-41(60)49-25-27-63-45(8,9)29-64-44(6,7)22-24-48-42(61)65-43(3,4)5/h16-21,30,33,37H,10-15,22-29H2,1-9H3,(H,48,61)(H,49,60)(H,50,57)(H,51,58)(H,52,54)(H3,46,47,59)/t33-,37-/m0/s1. The first-order valence-corrected chi connectivity index (χ1v) is 22.1. The Balaban J connectivity index is 1.82. The molecule has 1 aliphatic rings. The van der Waals surface area contributed by atoms with Crippen LogP contribution in [0.15, 0.2) is 36.4 Å². The monoisotopic (exact) mass is 917 g/mol. The molecule has 364 valence electrons. The lowest BCUT2D eigenvalue weighted by atomic mass is 10.0. The lowest BCUT2D eigenvalue weighted by Crippen LogP contribution is -2.54. The Kier molecular flexibility index (Phi) is 22.9. The number of carbonyl (C=O) groups is 8. The number of nitrogens with two attached hydrogens (primary N) is 1. The van der Waals surface area contributed by atoms with Crippen molar-refractivity contribution in [2.45, 2.75) is 143 Å². The van der Waals surface area contributed by atoms with Gasteiger partial charge in [0, 0.05) is 50.4 Å². The first kappa shape index (κ1) is 55.4. The van der Waals surface area contributed by atoms with Gasteiger partial charge in [-0.1, -0.05) is 32.4 Å². The first-order valence-electron chi connectivity index (χ1n) is 22.1. The van der Waals surface area contributed by atoms with Crippen LogP contribution in [0.25, 0.3) is 0 Å². The maximum absolute atomic E-state index is 13.5. The van der Waals surface area contributed by atoms with E-state index >= 15 is 0 Å². The summed E-state index contributed by atoms with van der Waals surface area (Å²) in [6.07, 6.45) is 4.02. The molecule has 0 aliphatic carbocycles. The molecule has 1 heterocycles. The van der Waals surface area contributed by atoms with Crippen LogP contribution in [-0.4, -0.2) is 121 Å². The molecule has 0 bridgehead atoms. The van der Waals surface area contributed by atoms with Crippen LogP contribution in [0.4, 0.5) is 20.1 Å². The third-order valence-corrected chi connectivity index (χ3v) is 9.71. The third kappa shape index (κ3) is 23.7. The fraction of sp³-hybridized carbons (Fsp3) is 0.644. The number of primary amides is 1. The quantitative estimate of drug-likeness (QED) is 0.0466. The molecule has 0 unspecified atom stereocenters. The largest absolute Gasteiger partial charge is 0.445 e. The minimum absolute atomic E-state index is 0.0513. The highest BCUT2D eigenvalue weighted by molar-refractivity contribution is 6.12. The molecule has 0 radical (unpaired) electrons. The van der Waals surface area contributed by atoms with Crippen molar-refractivity contribution < 1.29 is 57.3 Å². The summed E-state index contributed by atoms with van der Waals surface area (Å²) in [4.78, 5) is 100.0. The van der Waals surface area contributed by atoms with Crippen LogP contribution in [0, 0.1) is 5.92 Å². The maximum Gasteiger partial charge on any atom is 0.407 e. The van der Waals surface area contributed by atoms with E-state index in [9.17, 15) is 38.4 Å². The van der Waals surface area contributed by atoms with Crippen LogP contribution in [0.1, 0.15) is 113 Å². The third-order valence-electron chi connectivity index (χ3n) is 9.71. The number of anilines is 1. The maximum atomic E-state index is 13.5. The van der Waals surface area contributed by atoms with Gasteiger partial charge >= 0.3 is 18.2 Å². The van der Waals surface area contributed by atoms with Gasteiger partial charge in [-0.3, -0.25) is 28.9 Å². The van der Waals surface area contributed by atoms with Crippen molar-refractivity contribution in [2.24, 2.45) is 11.7 Å². The molecular weight excluding hydrogens is 845 g/mol. The second-order valence-electron chi connectivity index (χ2n) is 18.3. The lowest BCUT2D eigenvalue weighted by molar-refractivity contribution is -0.137. The van der Waals surface area contributed by atoms with E-state index in [0.29, 0.717) is 49.9 Å². The van der Waals surface area contributed by atoms with Gasteiger partial charge in [0.2, 0.25) is 17.7 Å².